The molecular weight excluding hydrogens is 556 g/mol. The Morgan fingerprint density at radius 1 is 1.10 bits per heavy atom. The second-order valence-electron chi connectivity index (χ2n) is 10.2. The summed E-state index contributed by atoms with van der Waals surface area (Å²) in [6.45, 7) is 1.94. The molecule has 5 heterocycles. The van der Waals surface area contributed by atoms with Crippen LogP contribution in [0.1, 0.15) is 35.6 Å². The average Bonchev–Trinajstić information content (AvgIpc) is 3.20. The lowest BCUT2D eigenvalue weighted by Gasteiger charge is -2.17. The van der Waals surface area contributed by atoms with Gasteiger partial charge in [-0.1, -0.05) is 40.5 Å². The molecule has 0 radical (unpaired) electrons. The van der Waals surface area contributed by atoms with Gasteiger partial charge in [-0.25, -0.2) is 14.6 Å². The first-order valence-electron chi connectivity index (χ1n) is 12.6. The van der Waals surface area contributed by atoms with Crippen LogP contribution in [-0.2, 0) is 0 Å². The lowest BCUT2D eigenvalue weighted by molar-refractivity contribution is 0.479. The summed E-state index contributed by atoms with van der Waals surface area (Å²) in [7, 11) is 0. The topological polar surface area (TPSA) is 123 Å². The molecule has 0 saturated heterocycles. The summed E-state index contributed by atoms with van der Waals surface area (Å²) in [5.41, 5.74) is 4.09. The van der Waals surface area contributed by atoms with E-state index in [1.807, 2.05) is 25.1 Å². The summed E-state index contributed by atoms with van der Waals surface area (Å²) in [4.78, 5) is 25.8. The van der Waals surface area contributed by atoms with Crippen molar-refractivity contribution in [3.63, 3.8) is 0 Å². The average molecular weight is 574 g/mol. The molecule has 2 aromatic carbocycles. The second-order valence-corrected chi connectivity index (χ2v) is 11.0. The molecule has 198 valence electrons. The van der Waals surface area contributed by atoms with E-state index in [2.05, 4.69) is 30.5 Å². The number of hydrogen-bond acceptors (Lipinski definition) is 6. The Morgan fingerprint density at radius 2 is 1.98 bits per heavy atom. The predicted molar refractivity (Wildman–Crippen MR) is 146 cm³/mol. The monoisotopic (exact) mass is 573 g/mol. The Bertz CT molecular complexity index is 2060. The van der Waals surface area contributed by atoms with E-state index >= 15 is 4.39 Å². The highest BCUT2D eigenvalue weighted by Gasteiger charge is 2.56. The molecule has 2 N–H and O–H groups in total. The smallest absolute Gasteiger partial charge is 0.254 e. The standard InChI is InChI=1S/C27H18Cl2FN9O/c1-11-14-4-2-12(6-19(14)35-34-11)26-32-23(25(30)33-26)24-15-8-16(15)27-31-18(9-22(40)39(24)27)17-7-13(28)3-5-20(17)38-10-21(29)36-37-38/h2-7,9-10,15-16,24H,8H2,1H3,(H,32,33)(H,34,35). The van der Waals surface area contributed by atoms with E-state index in [1.165, 1.54) is 10.7 Å². The Balaban J connectivity index is 1.21. The maximum absolute atomic E-state index is 15.4. The maximum atomic E-state index is 15.4. The van der Waals surface area contributed by atoms with Crippen LogP contribution >= 0.6 is 23.2 Å². The Hall–Kier alpha value is -4.35. The van der Waals surface area contributed by atoms with Crippen LogP contribution in [0.25, 0.3) is 39.2 Å². The fourth-order valence-corrected chi connectivity index (χ4v) is 6.15. The zero-order chi connectivity index (χ0) is 27.3. The molecule has 4 aromatic heterocycles. The van der Waals surface area contributed by atoms with Crippen molar-refractivity contribution in [1.82, 2.24) is 44.7 Å². The number of rotatable bonds is 4. The quantitative estimate of drug-likeness (QED) is 0.298. The molecule has 8 rings (SSSR count). The number of imidazole rings is 1. The molecule has 2 aliphatic rings. The normalized spacial score (nSPS) is 19.2. The van der Waals surface area contributed by atoms with Gasteiger partial charge in [-0.2, -0.15) is 9.49 Å². The van der Waals surface area contributed by atoms with Crippen LogP contribution in [0.2, 0.25) is 10.2 Å². The van der Waals surface area contributed by atoms with Crippen molar-refractivity contribution in [1.29, 1.82) is 0 Å². The molecule has 6 aromatic rings. The highest BCUT2D eigenvalue weighted by atomic mass is 35.5. The van der Waals surface area contributed by atoms with E-state index in [4.69, 9.17) is 28.2 Å². The molecule has 1 aliphatic heterocycles. The van der Waals surface area contributed by atoms with Gasteiger partial charge in [0.1, 0.15) is 11.6 Å². The van der Waals surface area contributed by atoms with Gasteiger partial charge in [0.2, 0.25) is 5.95 Å². The number of benzene rings is 2. The molecule has 3 atom stereocenters. The first kappa shape index (κ1) is 23.5. The SMILES string of the molecule is Cc1[nH]nc2cc(-c3nc(F)c(C4C5CC5c5nc(-c6cc(Cl)ccc6-n6cc(Cl)nn6)cc(=O)n54)[nH]3)ccc12. The van der Waals surface area contributed by atoms with E-state index in [0.717, 1.165) is 23.0 Å². The molecule has 0 spiro atoms. The second kappa shape index (κ2) is 8.33. The van der Waals surface area contributed by atoms with Crippen molar-refractivity contribution in [3.05, 3.63) is 92.4 Å². The summed E-state index contributed by atoms with van der Waals surface area (Å²) in [5.74, 6) is 0.448. The third kappa shape index (κ3) is 3.47. The number of nitrogens with one attached hydrogen (secondary N) is 2. The molecule has 1 saturated carbocycles. The first-order valence-corrected chi connectivity index (χ1v) is 13.3. The number of fused-ring (bicyclic) bond motifs is 4. The van der Waals surface area contributed by atoms with Crippen LogP contribution in [-0.4, -0.2) is 44.7 Å². The van der Waals surface area contributed by atoms with Crippen LogP contribution in [0.5, 0.6) is 0 Å². The van der Waals surface area contributed by atoms with Crippen molar-refractivity contribution < 1.29 is 4.39 Å². The first-order chi connectivity index (χ1) is 19.4. The van der Waals surface area contributed by atoms with Gasteiger partial charge in [-0.05, 0) is 43.5 Å². The maximum Gasteiger partial charge on any atom is 0.254 e. The molecular formula is C27H18Cl2FN9O. The summed E-state index contributed by atoms with van der Waals surface area (Å²) >= 11 is 12.3. The van der Waals surface area contributed by atoms with Crippen molar-refractivity contribution in [2.45, 2.75) is 25.3 Å². The molecule has 1 aliphatic carbocycles. The van der Waals surface area contributed by atoms with Crippen LogP contribution in [0.4, 0.5) is 4.39 Å². The van der Waals surface area contributed by atoms with Gasteiger partial charge in [0.25, 0.3) is 5.56 Å². The highest BCUT2D eigenvalue weighted by Crippen LogP contribution is 2.60. The van der Waals surface area contributed by atoms with Gasteiger partial charge in [-0.15, -0.1) is 5.10 Å². The number of nitrogens with zero attached hydrogens (tertiary/aromatic N) is 7. The number of aromatic amines is 2. The highest BCUT2D eigenvalue weighted by molar-refractivity contribution is 6.31. The number of hydrogen-bond donors (Lipinski definition) is 2. The van der Waals surface area contributed by atoms with Crippen molar-refractivity contribution in [3.8, 4) is 28.3 Å². The Labute approximate surface area is 234 Å². The van der Waals surface area contributed by atoms with E-state index in [0.29, 0.717) is 39.2 Å². The van der Waals surface area contributed by atoms with Gasteiger partial charge in [-0.3, -0.25) is 14.5 Å². The number of H-pyrrole nitrogens is 2. The van der Waals surface area contributed by atoms with Gasteiger partial charge >= 0.3 is 0 Å². The summed E-state index contributed by atoms with van der Waals surface area (Å²) in [6, 6.07) is 11.8. The van der Waals surface area contributed by atoms with Crippen molar-refractivity contribution in [2.24, 2.45) is 5.92 Å². The number of aromatic nitrogens is 9. The number of halogens is 3. The largest absolute Gasteiger partial charge is 0.338 e. The van der Waals surface area contributed by atoms with E-state index in [-0.39, 0.29) is 28.2 Å². The molecule has 0 amide bonds. The van der Waals surface area contributed by atoms with Crippen molar-refractivity contribution >= 4 is 34.1 Å². The summed E-state index contributed by atoms with van der Waals surface area (Å²) < 4.78 is 18.5. The predicted octanol–water partition coefficient (Wildman–Crippen LogP) is 5.22. The molecule has 1 fully saturated rings. The summed E-state index contributed by atoms with van der Waals surface area (Å²) in [5, 5.41) is 16.8. The van der Waals surface area contributed by atoms with Gasteiger partial charge in [0.15, 0.2) is 5.15 Å². The lowest BCUT2D eigenvalue weighted by Crippen LogP contribution is -2.27. The van der Waals surface area contributed by atoms with Crippen LogP contribution in [0.3, 0.4) is 0 Å². The Morgan fingerprint density at radius 3 is 2.80 bits per heavy atom. The zero-order valence-electron chi connectivity index (χ0n) is 20.7. The van der Waals surface area contributed by atoms with Crippen LogP contribution < -0.4 is 5.56 Å². The molecule has 3 unspecified atom stereocenters. The minimum Gasteiger partial charge on any atom is -0.338 e. The number of aryl methyl sites for hydroxylation is 1. The summed E-state index contributed by atoms with van der Waals surface area (Å²) in [6.07, 6.45) is 2.36. The third-order valence-electron chi connectivity index (χ3n) is 7.78. The molecule has 10 nitrogen and oxygen atoms in total. The molecule has 40 heavy (non-hydrogen) atoms. The molecule has 0 bridgehead atoms. The third-order valence-corrected chi connectivity index (χ3v) is 8.19. The van der Waals surface area contributed by atoms with Gasteiger partial charge in [0.05, 0.1) is 34.8 Å². The van der Waals surface area contributed by atoms with E-state index < -0.39 is 12.0 Å². The van der Waals surface area contributed by atoms with E-state index in [1.54, 1.807) is 29.0 Å². The van der Waals surface area contributed by atoms with Gasteiger partial charge < -0.3 is 4.98 Å². The minimum absolute atomic E-state index is 0.0376. The van der Waals surface area contributed by atoms with E-state index in [9.17, 15) is 4.79 Å². The lowest BCUT2D eigenvalue weighted by atomic mass is 10.1. The fraction of sp³-hybridized carbons (Fsp3) is 0.185. The molecule has 13 heteroatoms. The zero-order valence-corrected chi connectivity index (χ0v) is 22.2. The van der Waals surface area contributed by atoms with Crippen molar-refractivity contribution in [2.75, 3.05) is 0 Å². The minimum atomic E-state index is -0.632. The van der Waals surface area contributed by atoms with Crippen LogP contribution in [0, 0.1) is 18.8 Å². The Kier molecular flexibility index (Phi) is 4.90. The van der Waals surface area contributed by atoms with Gasteiger partial charge in [0, 0.05) is 39.2 Å². The fourth-order valence-electron chi connectivity index (χ4n) is 5.85. The van der Waals surface area contributed by atoms with Crippen LogP contribution in [0.15, 0.2) is 53.5 Å².